The number of hydrogen-bond acceptors (Lipinski definition) is 18. The Morgan fingerprint density at radius 1 is 0.860 bits per heavy atom. The summed E-state index contributed by atoms with van der Waals surface area (Å²) in [6, 6.07) is -4.59. The lowest BCUT2D eigenvalue weighted by Crippen LogP contribution is -2.69. The van der Waals surface area contributed by atoms with E-state index in [1.807, 2.05) is 0 Å². The summed E-state index contributed by atoms with van der Waals surface area (Å²) < 4.78 is 22.8. The van der Waals surface area contributed by atoms with E-state index in [1.54, 1.807) is 0 Å². The van der Waals surface area contributed by atoms with Crippen LogP contribution in [-0.2, 0) is 18.9 Å². The van der Waals surface area contributed by atoms with Crippen LogP contribution >= 0.6 is 0 Å². The zero-order valence-electron chi connectivity index (χ0n) is 23.4. The van der Waals surface area contributed by atoms with Crippen molar-refractivity contribution in [1.29, 1.82) is 0 Å². The van der Waals surface area contributed by atoms with E-state index < -0.39 is 104 Å². The molecule has 2 amide bonds. The maximum atomic E-state index is 12.6. The lowest BCUT2D eigenvalue weighted by molar-refractivity contribution is -0.333. The number of nitrogens with two attached hydrogens (primary N) is 3. The van der Waals surface area contributed by atoms with Gasteiger partial charge in [0.05, 0.1) is 31.8 Å². The highest BCUT2D eigenvalue weighted by molar-refractivity contribution is 5.73. The Hall–Kier alpha value is -1.41. The standard InChI is InChI=1S/C23H46N6O14/c24-1-3-29(39)23(38)28-9-5-8(25)19(42-22-17(36)16(35)14(33)10(40-22)6-27-2-4-30)18(37)20(9)43-21-15(34)12(26)13(32)11(7-31)41-21/h8-22,27,30-37,39H,1-7,24-26H2,(H,28,38)/t8-,9+,10+,11+,12-,13+,14+,15+,16-,17+,18-,19?,20-,21+,22+/m0/s1. The molecule has 0 aromatic heterocycles. The molecule has 43 heavy (non-hydrogen) atoms. The van der Waals surface area contributed by atoms with Gasteiger partial charge >= 0.3 is 6.03 Å². The van der Waals surface area contributed by atoms with E-state index in [1.165, 1.54) is 0 Å². The average molecular weight is 631 g/mol. The summed E-state index contributed by atoms with van der Waals surface area (Å²) in [6.45, 7) is -1.10. The number of aliphatic hydroxyl groups excluding tert-OH is 8. The monoisotopic (exact) mass is 630 g/mol. The van der Waals surface area contributed by atoms with Gasteiger partial charge in [-0.2, -0.15) is 0 Å². The van der Waals surface area contributed by atoms with Gasteiger partial charge in [-0.15, -0.1) is 0 Å². The van der Waals surface area contributed by atoms with Crippen LogP contribution < -0.4 is 27.8 Å². The van der Waals surface area contributed by atoms with Crippen LogP contribution in [0.1, 0.15) is 6.42 Å². The van der Waals surface area contributed by atoms with Gasteiger partial charge in [0.25, 0.3) is 0 Å². The van der Waals surface area contributed by atoms with Crippen molar-refractivity contribution in [2.45, 2.75) is 98.2 Å². The highest BCUT2D eigenvalue weighted by Gasteiger charge is 2.52. The molecule has 20 heteroatoms. The fourth-order valence-corrected chi connectivity index (χ4v) is 5.25. The number of rotatable bonds is 12. The smallest absolute Gasteiger partial charge is 0.341 e. The van der Waals surface area contributed by atoms with Crippen LogP contribution in [-0.4, -0.2) is 188 Å². The number of nitrogens with one attached hydrogen (secondary N) is 2. The minimum absolute atomic E-state index is 0.0417. The predicted molar refractivity (Wildman–Crippen MR) is 141 cm³/mol. The van der Waals surface area contributed by atoms with Gasteiger partial charge in [0.1, 0.15) is 61.0 Å². The first-order chi connectivity index (χ1) is 20.4. The van der Waals surface area contributed by atoms with Gasteiger partial charge < -0.3 is 87.6 Å². The van der Waals surface area contributed by atoms with E-state index in [-0.39, 0.29) is 39.2 Å². The van der Waals surface area contributed by atoms with E-state index in [0.717, 1.165) is 0 Å². The van der Waals surface area contributed by atoms with Gasteiger partial charge in [-0.05, 0) is 6.42 Å². The minimum Gasteiger partial charge on any atom is -0.395 e. The molecule has 0 spiro atoms. The lowest BCUT2D eigenvalue weighted by atomic mass is 9.83. The van der Waals surface area contributed by atoms with Crippen LogP contribution in [0.5, 0.6) is 0 Å². The summed E-state index contributed by atoms with van der Waals surface area (Å²) in [5.74, 6) is 0. The topological polar surface area (TPSA) is 341 Å². The second-order valence-corrected chi connectivity index (χ2v) is 10.8. The fraction of sp³-hybridized carbons (Fsp3) is 0.957. The van der Waals surface area contributed by atoms with Crippen LogP contribution in [0.4, 0.5) is 4.79 Å². The summed E-state index contributed by atoms with van der Waals surface area (Å²) in [5, 5.41) is 97.6. The van der Waals surface area contributed by atoms with E-state index >= 15 is 0 Å². The zero-order chi connectivity index (χ0) is 32.0. The summed E-state index contributed by atoms with van der Waals surface area (Å²) in [5.41, 5.74) is 17.5. The Balaban J connectivity index is 1.83. The van der Waals surface area contributed by atoms with Crippen molar-refractivity contribution < 1.29 is 69.8 Å². The first-order valence-corrected chi connectivity index (χ1v) is 14.0. The summed E-state index contributed by atoms with van der Waals surface area (Å²) in [4.78, 5) is 12.6. The molecule has 3 fully saturated rings. The van der Waals surface area contributed by atoms with Crippen LogP contribution in [0.3, 0.4) is 0 Å². The Labute approximate surface area is 246 Å². The molecule has 3 aliphatic rings. The van der Waals surface area contributed by atoms with E-state index in [2.05, 4.69) is 10.6 Å². The van der Waals surface area contributed by atoms with E-state index in [0.29, 0.717) is 5.06 Å². The van der Waals surface area contributed by atoms with Gasteiger partial charge in [0.2, 0.25) is 0 Å². The minimum atomic E-state index is -1.78. The number of carbonyl (C=O) groups excluding carboxylic acids is 1. The number of ether oxygens (including phenoxy) is 4. The molecule has 1 aliphatic carbocycles. The number of hydroxylamine groups is 2. The molecule has 252 valence electrons. The molecule has 2 heterocycles. The highest BCUT2D eigenvalue weighted by Crippen LogP contribution is 2.32. The van der Waals surface area contributed by atoms with Crippen molar-refractivity contribution >= 4 is 6.03 Å². The molecule has 15 atom stereocenters. The first kappa shape index (κ1) is 36.1. The first-order valence-electron chi connectivity index (χ1n) is 14.0. The Kier molecular flexibility index (Phi) is 13.6. The second kappa shape index (κ2) is 16.2. The summed E-state index contributed by atoms with van der Waals surface area (Å²) in [6.07, 6.45) is -18.6. The Morgan fingerprint density at radius 3 is 2.12 bits per heavy atom. The molecule has 0 radical (unpaired) electrons. The molecule has 17 N–H and O–H groups in total. The maximum absolute atomic E-state index is 12.6. The predicted octanol–water partition coefficient (Wildman–Crippen LogP) is -8.27. The summed E-state index contributed by atoms with van der Waals surface area (Å²) in [7, 11) is 0. The maximum Gasteiger partial charge on any atom is 0.341 e. The molecule has 1 saturated carbocycles. The molecular formula is C23H46N6O14. The van der Waals surface area contributed by atoms with Crippen molar-refractivity contribution in [2.24, 2.45) is 17.2 Å². The van der Waals surface area contributed by atoms with Crippen LogP contribution in [0.25, 0.3) is 0 Å². The highest BCUT2D eigenvalue weighted by atomic mass is 16.7. The van der Waals surface area contributed by atoms with Crippen molar-refractivity contribution in [3.63, 3.8) is 0 Å². The van der Waals surface area contributed by atoms with Gasteiger partial charge in [-0.3, -0.25) is 5.21 Å². The van der Waals surface area contributed by atoms with Gasteiger partial charge in [-0.1, -0.05) is 0 Å². The third-order valence-corrected chi connectivity index (χ3v) is 7.72. The van der Waals surface area contributed by atoms with Crippen LogP contribution in [0.2, 0.25) is 0 Å². The van der Waals surface area contributed by atoms with Crippen LogP contribution in [0.15, 0.2) is 0 Å². The van der Waals surface area contributed by atoms with Crippen molar-refractivity contribution in [3.8, 4) is 0 Å². The van der Waals surface area contributed by atoms with Crippen molar-refractivity contribution in [1.82, 2.24) is 15.7 Å². The molecule has 3 rings (SSSR count). The number of aliphatic hydroxyl groups is 8. The van der Waals surface area contributed by atoms with E-state index in [4.69, 9.17) is 41.3 Å². The van der Waals surface area contributed by atoms with Crippen molar-refractivity contribution in [2.75, 3.05) is 39.4 Å². The largest absolute Gasteiger partial charge is 0.395 e. The SMILES string of the molecule is NCCN(O)C(=O)N[C@@H]1C[C@H](N)C(O[C@H]2O[C@H](CNCCO)[C@@H](O)[C@H](O)[C@H]2O)[C@H](O)[C@H]1O[C@H]1O[C@H](CO)[C@@H](O)[C@H](N)[C@H]1O. The zero-order valence-corrected chi connectivity index (χ0v) is 23.4. The van der Waals surface area contributed by atoms with Gasteiger partial charge in [0, 0.05) is 25.7 Å². The molecule has 1 unspecified atom stereocenters. The third-order valence-electron chi connectivity index (χ3n) is 7.72. The average Bonchev–Trinajstić information content (AvgIpc) is 2.97. The quantitative estimate of drug-likeness (QED) is 0.0540. The van der Waals surface area contributed by atoms with Crippen molar-refractivity contribution in [3.05, 3.63) is 0 Å². The van der Waals surface area contributed by atoms with Gasteiger partial charge in [-0.25, -0.2) is 9.86 Å². The molecule has 20 nitrogen and oxygen atoms in total. The molecule has 0 bridgehead atoms. The van der Waals surface area contributed by atoms with Crippen LogP contribution in [0, 0.1) is 0 Å². The number of urea groups is 1. The molecule has 2 saturated heterocycles. The normalized spacial score (nSPS) is 43.8. The van der Waals surface area contributed by atoms with E-state index in [9.17, 15) is 45.7 Å². The molecule has 2 aliphatic heterocycles. The molecule has 0 aromatic rings. The molecule has 0 aromatic carbocycles. The Morgan fingerprint density at radius 2 is 1.49 bits per heavy atom. The molecular weight excluding hydrogens is 584 g/mol. The number of nitrogens with zero attached hydrogens (tertiary/aromatic N) is 1. The number of hydrogen-bond donors (Lipinski definition) is 14. The fourth-order valence-electron chi connectivity index (χ4n) is 5.25. The number of carbonyl (C=O) groups is 1. The third kappa shape index (κ3) is 8.45. The van der Waals surface area contributed by atoms with Gasteiger partial charge in [0.15, 0.2) is 12.6 Å². The summed E-state index contributed by atoms with van der Waals surface area (Å²) >= 11 is 0. The number of amides is 2. The Bertz CT molecular complexity index is 867. The second-order valence-electron chi connectivity index (χ2n) is 10.8. The lowest BCUT2D eigenvalue weighted by Gasteiger charge is -2.49.